The van der Waals surface area contributed by atoms with Crippen molar-refractivity contribution in [2.75, 3.05) is 25.1 Å². The molecule has 0 radical (unpaired) electrons. The maximum absolute atomic E-state index is 15.9. The van der Waals surface area contributed by atoms with Gasteiger partial charge >= 0.3 is 12.2 Å². The van der Waals surface area contributed by atoms with Crippen LogP contribution in [-0.4, -0.2) is 91.1 Å². The second-order valence-electron chi connectivity index (χ2n) is 18.8. The molecule has 9 rings (SSSR count). The molecule has 2 aromatic heterocycles. The molecule has 1 aliphatic carbocycles. The Kier molecular flexibility index (Phi) is 11.9. The van der Waals surface area contributed by atoms with Gasteiger partial charge in [-0.15, -0.1) is 0 Å². The number of methoxy groups -OCH3 is 1. The average Bonchev–Trinajstić information content (AvgIpc) is 3.84. The first-order valence-corrected chi connectivity index (χ1v) is 22.9. The van der Waals surface area contributed by atoms with Crippen molar-refractivity contribution in [3.05, 3.63) is 88.5 Å². The Balaban J connectivity index is 1.02. The van der Waals surface area contributed by atoms with Crippen LogP contribution in [0.5, 0.6) is 0 Å². The molecule has 3 saturated heterocycles. The number of imidazole rings is 2. The van der Waals surface area contributed by atoms with Gasteiger partial charge in [0.15, 0.2) is 0 Å². The Bertz CT molecular complexity index is 2620. The van der Waals surface area contributed by atoms with Crippen LogP contribution in [-0.2, 0) is 14.3 Å². The lowest BCUT2D eigenvalue weighted by molar-refractivity contribution is -0.136. The number of hydrogen-bond acceptors (Lipinski definition) is 8. The Hall–Kier alpha value is -6.26. The number of anilines is 1. The van der Waals surface area contributed by atoms with Crippen molar-refractivity contribution in [2.24, 2.45) is 11.8 Å². The first-order chi connectivity index (χ1) is 31.2. The van der Waals surface area contributed by atoms with Gasteiger partial charge in [-0.3, -0.25) is 9.59 Å². The number of carboxylic acid groups (broad SMARTS) is 1. The molecule has 3 aliphatic heterocycles. The van der Waals surface area contributed by atoms with Crippen LogP contribution < -0.4 is 15.5 Å². The largest absolute Gasteiger partial charge is 0.465 e. The van der Waals surface area contributed by atoms with E-state index in [-0.39, 0.29) is 59.3 Å². The molecule has 0 bridgehead atoms. The van der Waals surface area contributed by atoms with Gasteiger partial charge in [-0.2, -0.15) is 0 Å². The standard InChI is InChI=1S/C48H57F2N9O6/c1-24(2)41(55-47(62)63)45(60)57-18-6-8-38(57)43-51-32-14-12-27(20-34(32)53-43)36-16-17-37(59(36)29-22-30(49)40(26-10-11-26)31(50)23-29)28-13-15-33-35(21-28)54-44(52-33)39-9-7-19-58(39)46(61)42(25(3)4)56-48(64)65-5/h12-15,20-26,36-39,41-42,55H,6-11,16-19H2,1-5H3,(H,51,53)(H,52,54)(H,56,64)(H,62,63)/t36-,37-,38+,39+,41+,42+/m1/s1. The summed E-state index contributed by atoms with van der Waals surface area (Å²) in [7, 11) is 1.27. The molecule has 6 atom stereocenters. The Morgan fingerprint density at radius 2 is 1.17 bits per heavy atom. The lowest BCUT2D eigenvalue weighted by Gasteiger charge is -2.33. The predicted molar refractivity (Wildman–Crippen MR) is 239 cm³/mol. The number of benzene rings is 3. The number of aromatic nitrogens is 4. The number of rotatable bonds is 12. The average molecular weight is 894 g/mol. The molecule has 1 saturated carbocycles. The molecule has 65 heavy (non-hydrogen) atoms. The molecule has 5 N–H and O–H groups in total. The van der Waals surface area contributed by atoms with Crippen LogP contribution >= 0.6 is 0 Å². The highest BCUT2D eigenvalue weighted by molar-refractivity contribution is 5.87. The molecule has 3 aromatic carbocycles. The number of halogens is 2. The zero-order valence-corrected chi connectivity index (χ0v) is 37.4. The molecule has 0 spiro atoms. The van der Waals surface area contributed by atoms with Crippen LogP contribution in [0.15, 0.2) is 48.5 Å². The number of H-pyrrole nitrogens is 2. The van der Waals surface area contributed by atoms with E-state index < -0.39 is 35.9 Å². The highest BCUT2D eigenvalue weighted by Crippen LogP contribution is 2.50. The summed E-state index contributed by atoms with van der Waals surface area (Å²) in [5.41, 5.74) is 5.45. The van der Waals surface area contributed by atoms with Crippen molar-refractivity contribution in [1.82, 2.24) is 40.4 Å². The second-order valence-corrected chi connectivity index (χ2v) is 18.8. The van der Waals surface area contributed by atoms with Crippen molar-refractivity contribution < 1.29 is 37.8 Å². The number of hydrogen-bond donors (Lipinski definition) is 5. The molecule has 0 unspecified atom stereocenters. The number of amides is 4. The number of nitrogens with zero attached hydrogens (tertiary/aromatic N) is 5. The molecule has 4 aliphatic rings. The number of ether oxygens (including phenoxy) is 1. The molecule has 4 amide bonds. The first-order valence-electron chi connectivity index (χ1n) is 22.9. The van der Waals surface area contributed by atoms with Crippen LogP contribution in [0.2, 0.25) is 0 Å². The van der Waals surface area contributed by atoms with Gasteiger partial charge in [-0.1, -0.05) is 39.8 Å². The van der Waals surface area contributed by atoms with Crippen LogP contribution in [0, 0.1) is 23.5 Å². The topological polar surface area (TPSA) is 189 Å². The van der Waals surface area contributed by atoms with Crippen LogP contribution in [0.3, 0.4) is 0 Å². The Labute approximate surface area is 375 Å². The van der Waals surface area contributed by atoms with Gasteiger partial charge < -0.3 is 45.1 Å². The number of fused-ring (bicyclic) bond motifs is 2. The van der Waals surface area contributed by atoms with Crippen molar-refractivity contribution in [3.8, 4) is 0 Å². The molecule has 17 heteroatoms. The SMILES string of the molecule is COC(=O)N[C@H](C(=O)N1CCC[C@H]1c1nc2ccc([C@H]3CC[C@H](c4ccc5nc([C@@H]6CCCN6C(=O)[C@@H](NC(=O)O)C(C)C)[nH]c5c4)N3c3cc(F)c(C4CC4)c(F)c3)cc2[nH]1)C(C)C. The van der Waals surface area contributed by atoms with E-state index in [1.807, 2.05) is 64.1 Å². The van der Waals surface area contributed by atoms with Gasteiger partial charge in [0, 0.05) is 24.3 Å². The fraction of sp³-hybridized carbons (Fsp3) is 0.500. The third kappa shape index (κ3) is 8.45. The third-order valence-electron chi connectivity index (χ3n) is 13.9. The van der Waals surface area contributed by atoms with E-state index in [9.17, 15) is 24.3 Å². The van der Waals surface area contributed by atoms with E-state index in [1.54, 1.807) is 9.80 Å². The van der Waals surface area contributed by atoms with E-state index in [0.717, 1.165) is 53.4 Å². The van der Waals surface area contributed by atoms with Crippen molar-refractivity contribution in [1.29, 1.82) is 0 Å². The zero-order chi connectivity index (χ0) is 45.8. The summed E-state index contributed by atoms with van der Waals surface area (Å²) >= 11 is 0. The summed E-state index contributed by atoms with van der Waals surface area (Å²) in [6.07, 6.45) is 3.90. The maximum Gasteiger partial charge on any atom is 0.407 e. The molecular weight excluding hydrogens is 837 g/mol. The van der Waals surface area contributed by atoms with Gasteiger partial charge in [0.25, 0.3) is 0 Å². The summed E-state index contributed by atoms with van der Waals surface area (Å²) in [5.74, 6) is -0.806. The summed E-state index contributed by atoms with van der Waals surface area (Å²) < 4.78 is 36.7. The van der Waals surface area contributed by atoms with Crippen molar-refractivity contribution in [2.45, 2.75) is 121 Å². The fourth-order valence-corrected chi connectivity index (χ4v) is 10.5. The molecule has 4 fully saturated rings. The first kappa shape index (κ1) is 44.0. The van der Waals surface area contributed by atoms with E-state index in [2.05, 4.69) is 25.5 Å². The van der Waals surface area contributed by atoms with Gasteiger partial charge in [0.2, 0.25) is 11.8 Å². The number of likely N-dealkylation sites (tertiary alicyclic amines) is 2. The minimum Gasteiger partial charge on any atom is -0.465 e. The molecular formula is C48H57F2N9O6. The lowest BCUT2D eigenvalue weighted by atomic mass is 10.0. The summed E-state index contributed by atoms with van der Waals surface area (Å²) in [6.45, 7) is 8.39. The summed E-state index contributed by atoms with van der Waals surface area (Å²) in [5, 5.41) is 14.5. The Morgan fingerprint density at radius 3 is 1.60 bits per heavy atom. The Morgan fingerprint density at radius 1 is 0.692 bits per heavy atom. The smallest absolute Gasteiger partial charge is 0.407 e. The van der Waals surface area contributed by atoms with Crippen LogP contribution in [0.1, 0.15) is 137 Å². The van der Waals surface area contributed by atoms with Gasteiger partial charge in [0.1, 0.15) is 35.4 Å². The molecule has 15 nitrogen and oxygen atoms in total. The molecule has 344 valence electrons. The van der Waals surface area contributed by atoms with Gasteiger partial charge in [-0.05, 0) is 117 Å². The molecule has 5 aromatic rings. The fourth-order valence-electron chi connectivity index (χ4n) is 10.5. The number of carbonyl (C=O) groups is 4. The van der Waals surface area contributed by atoms with Crippen molar-refractivity contribution >= 4 is 51.8 Å². The van der Waals surface area contributed by atoms with Gasteiger partial charge in [0.05, 0.1) is 53.3 Å². The van der Waals surface area contributed by atoms with Crippen molar-refractivity contribution in [3.63, 3.8) is 0 Å². The van der Waals surface area contributed by atoms with Gasteiger partial charge in [-0.25, -0.2) is 28.3 Å². The number of aromatic amines is 2. The summed E-state index contributed by atoms with van der Waals surface area (Å²) in [4.78, 5) is 73.7. The second kappa shape index (κ2) is 17.6. The van der Waals surface area contributed by atoms with E-state index in [1.165, 1.54) is 19.2 Å². The van der Waals surface area contributed by atoms with Crippen LogP contribution in [0.25, 0.3) is 22.1 Å². The van der Waals surface area contributed by atoms with Crippen LogP contribution in [0.4, 0.5) is 24.1 Å². The number of alkyl carbamates (subject to hydrolysis) is 1. The highest BCUT2D eigenvalue weighted by Gasteiger charge is 2.41. The normalized spacial score (nSPS) is 22.1. The zero-order valence-electron chi connectivity index (χ0n) is 37.4. The summed E-state index contributed by atoms with van der Waals surface area (Å²) in [6, 6.07) is 12.1. The minimum absolute atomic E-state index is 0.106. The minimum atomic E-state index is -1.25. The molecule has 5 heterocycles. The van der Waals surface area contributed by atoms with E-state index in [0.29, 0.717) is 61.6 Å². The van der Waals surface area contributed by atoms with E-state index >= 15 is 8.78 Å². The quantitative estimate of drug-likeness (QED) is 0.0816. The highest BCUT2D eigenvalue weighted by atomic mass is 19.1. The third-order valence-corrected chi connectivity index (χ3v) is 13.9. The predicted octanol–water partition coefficient (Wildman–Crippen LogP) is 8.68. The maximum atomic E-state index is 15.9. The van der Waals surface area contributed by atoms with E-state index in [4.69, 9.17) is 14.7 Å². The monoisotopic (exact) mass is 893 g/mol. The number of carbonyl (C=O) groups excluding carboxylic acids is 3. The number of nitrogens with one attached hydrogen (secondary N) is 4. The lowest BCUT2D eigenvalue weighted by Crippen LogP contribution is -2.51.